The molecule has 0 radical (unpaired) electrons. The molecule has 1 heterocycles. The number of hydrogen-bond donors (Lipinski definition) is 2. The van der Waals surface area contributed by atoms with Crippen molar-refractivity contribution >= 4 is 32.4 Å². The molecule has 0 saturated heterocycles. The molecule has 2 aromatic carbocycles. The number of anilines is 1. The number of nitrogens with zero attached hydrogens (tertiary/aromatic N) is 1. The van der Waals surface area contributed by atoms with E-state index in [1.165, 1.54) is 18.2 Å². The van der Waals surface area contributed by atoms with Crippen molar-refractivity contribution in [1.82, 2.24) is 9.71 Å². The highest BCUT2D eigenvalue weighted by Gasteiger charge is 2.16. The molecule has 0 fully saturated rings. The predicted molar refractivity (Wildman–Crippen MR) is 109 cm³/mol. The molecular weight excluding hydrogens is 436 g/mol. The van der Waals surface area contributed by atoms with Gasteiger partial charge in [-0.1, -0.05) is 30.3 Å². The summed E-state index contributed by atoms with van der Waals surface area (Å²) in [6, 6.07) is 14.0. The van der Waals surface area contributed by atoms with Crippen LogP contribution in [0.2, 0.25) is 0 Å². The van der Waals surface area contributed by atoms with Crippen molar-refractivity contribution in [3.05, 3.63) is 60.0 Å². The Balaban J connectivity index is 1.57. The summed E-state index contributed by atoms with van der Waals surface area (Å²) >= 11 is 1.11. The maximum atomic E-state index is 12.6. The maximum absolute atomic E-state index is 12.6. The Morgan fingerprint density at radius 2 is 1.80 bits per heavy atom. The van der Waals surface area contributed by atoms with Gasteiger partial charge in [-0.25, -0.2) is 18.1 Å². The second kappa shape index (κ2) is 9.74. The molecule has 0 saturated carbocycles. The van der Waals surface area contributed by atoms with Crippen molar-refractivity contribution in [2.75, 3.05) is 11.9 Å². The highest BCUT2D eigenvalue weighted by Crippen LogP contribution is 2.33. The summed E-state index contributed by atoms with van der Waals surface area (Å²) in [5.41, 5.74) is 0.738. The third-order valence-electron chi connectivity index (χ3n) is 3.83. The molecule has 0 aliphatic carbocycles. The Bertz CT molecular complexity index is 1110. The second-order valence-electron chi connectivity index (χ2n) is 5.92. The van der Waals surface area contributed by atoms with E-state index in [1.54, 1.807) is 41.8 Å². The van der Waals surface area contributed by atoms with Gasteiger partial charge in [0.25, 0.3) is 0 Å². The van der Waals surface area contributed by atoms with Gasteiger partial charge in [-0.3, -0.25) is 4.79 Å². The molecule has 3 rings (SSSR count). The van der Waals surface area contributed by atoms with Crippen LogP contribution in [0.3, 0.4) is 0 Å². The van der Waals surface area contributed by atoms with Crippen molar-refractivity contribution in [2.45, 2.75) is 17.9 Å². The van der Waals surface area contributed by atoms with E-state index in [1.807, 2.05) is 0 Å². The van der Waals surface area contributed by atoms with Crippen LogP contribution < -0.4 is 14.8 Å². The molecule has 1 amide bonds. The Kier molecular flexibility index (Phi) is 7.08. The number of rotatable bonds is 9. The quantitative estimate of drug-likeness (QED) is 0.515. The monoisotopic (exact) mass is 453 g/mol. The Morgan fingerprint density at radius 1 is 1.10 bits per heavy atom. The first-order chi connectivity index (χ1) is 14.3. The summed E-state index contributed by atoms with van der Waals surface area (Å²) in [6.45, 7) is -3.06. The molecule has 0 spiro atoms. The fraction of sp³-hybridized carbons (Fsp3) is 0.158. The van der Waals surface area contributed by atoms with Gasteiger partial charge in [-0.2, -0.15) is 8.78 Å². The van der Waals surface area contributed by atoms with Gasteiger partial charge < -0.3 is 10.1 Å². The van der Waals surface area contributed by atoms with Crippen LogP contribution in [0.25, 0.3) is 11.3 Å². The van der Waals surface area contributed by atoms with E-state index < -0.39 is 22.5 Å². The highest BCUT2D eigenvalue weighted by atomic mass is 32.2. The van der Waals surface area contributed by atoms with E-state index in [4.69, 9.17) is 0 Å². The van der Waals surface area contributed by atoms with Crippen LogP contribution in [0.15, 0.2) is 64.9 Å². The van der Waals surface area contributed by atoms with Crippen LogP contribution in [0.5, 0.6) is 5.75 Å². The lowest BCUT2D eigenvalue weighted by Crippen LogP contribution is -2.27. The minimum atomic E-state index is -3.69. The number of para-hydroxylation sites is 1. The molecule has 1 aromatic heterocycles. The molecule has 30 heavy (non-hydrogen) atoms. The first kappa shape index (κ1) is 21.8. The van der Waals surface area contributed by atoms with Gasteiger partial charge in [-0.05, 0) is 24.3 Å². The number of sulfonamides is 1. The molecule has 2 N–H and O–H groups in total. The number of hydrogen-bond acceptors (Lipinski definition) is 6. The van der Waals surface area contributed by atoms with Gasteiger partial charge in [0, 0.05) is 23.9 Å². The van der Waals surface area contributed by atoms with Gasteiger partial charge >= 0.3 is 6.61 Å². The maximum Gasteiger partial charge on any atom is 0.387 e. The lowest BCUT2D eigenvalue weighted by atomic mass is 10.1. The van der Waals surface area contributed by atoms with Crippen LogP contribution in [0, 0.1) is 0 Å². The first-order valence-corrected chi connectivity index (χ1v) is 11.1. The van der Waals surface area contributed by atoms with Crippen LogP contribution >= 0.6 is 11.3 Å². The molecule has 11 heteroatoms. The zero-order valence-corrected chi connectivity index (χ0v) is 17.1. The minimum absolute atomic E-state index is 0.0222. The zero-order valence-electron chi connectivity index (χ0n) is 15.4. The SMILES string of the molecule is O=C(CCNS(=O)(=O)c1ccccc1)Nc1nc(-c2ccccc2OC(F)F)cs1. The summed E-state index contributed by atoms with van der Waals surface area (Å²) in [5.74, 6) is -0.463. The van der Waals surface area contributed by atoms with Gasteiger partial charge in [0.05, 0.1) is 10.6 Å². The predicted octanol–water partition coefficient (Wildman–Crippen LogP) is 3.72. The topological polar surface area (TPSA) is 97.4 Å². The third kappa shape index (κ3) is 5.81. The summed E-state index contributed by atoms with van der Waals surface area (Å²) < 4.78 is 56.2. The Hall–Kier alpha value is -2.89. The second-order valence-corrected chi connectivity index (χ2v) is 8.55. The summed E-state index contributed by atoms with van der Waals surface area (Å²) in [7, 11) is -3.69. The van der Waals surface area contributed by atoms with Crippen molar-refractivity contribution in [3.8, 4) is 17.0 Å². The van der Waals surface area contributed by atoms with Gasteiger partial charge in [-0.15, -0.1) is 11.3 Å². The first-order valence-electron chi connectivity index (χ1n) is 8.69. The lowest BCUT2D eigenvalue weighted by molar-refractivity contribution is -0.116. The number of amides is 1. The van der Waals surface area contributed by atoms with Gasteiger partial charge in [0.2, 0.25) is 15.9 Å². The third-order valence-corrected chi connectivity index (χ3v) is 6.06. The number of thiazole rings is 1. The van der Waals surface area contributed by atoms with E-state index in [0.29, 0.717) is 11.3 Å². The van der Waals surface area contributed by atoms with Crippen LogP contribution in [0.4, 0.5) is 13.9 Å². The summed E-state index contributed by atoms with van der Waals surface area (Å²) in [5, 5.41) is 4.42. The number of alkyl halides is 2. The molecular formula is C19H17F2N3O4S2. The normalized spacial score (nSPS) is 11.4. The minimum Gasteiger partial charge on any atom is -0.434 e. The van der Waals surface area contributed by atoms with E-state index in [9.17, 15) is 22.0 Å². The average Bonchev–Trinajstić information content (AvgIpc) is 3.16. The lowest BCUT2D eigenvalue weighted by Gasteiger charge is -2.08. The molecule has 0 aliphatic rings. The number of carbonyl (C=O) groups excluding carboxylic acids is 1. The number of carbonyl (C=O) groups is 1. The molecule has 0 bridgehead atoms. The molecule has 3 aromatic rings. The molecule has 0 atom stereocenters. The zero-order chi connectivity index (χ0) is 21.6. The molecule has 0 aliphatic heterocycles. The largest absolute Gasteiger partial charge is 0.434 e. The summed E-state index contributed by atoms with van der Waals surface area (Å²) in [4.78, 5) is 16.4. The van der Waals surface area contributed by atoms with Crippen LogP contribution in [0.1, 0.15) is 6.42 Å². The number of nitrogens with one attached hydrogen (secondary N) is 2. The van der Waals surface area contributed by atoms with Crippen molar-refractivity contribution in [1.29, 1.82) is 0 Å². The van der Waals surface area contributed by atoms with E-state index in [2.05, 4.69) is 19.8 Å². The number of ether oxygens (including phenoxy) is 1. The standard InChI is InChI=1S/C19H17F2N3O4S2/c20-18(21)28-16-9-5-4-8-14(16)15-12-29-19(23-15)24-17(25)10-11-22-30(26,27)13-6-2-1-3-7-13/h1-9,12,18,22H,10-11H2,(H,23,24,25). The Morgan fingerprint density at radius 3 is 2.53 bits per heavy atom. The molecule has 7 nitrogen and oxygen atoms in total. The summed E-state index contributed by atoms with van der Waals surface area (Å²) in [6.07, 6.45) is -0.105. The van der Waals surface area contributed by atoms with E-state index in [-0.39, 0.29) is 28.7 Å². The Labute approximate surface area is 175 Å². The van der Waals surface area contributed by atoms with Crippen molar-refractivity contribution in [3.63, 3.8) is 0 Å². The van der Waals surface area contributed by atoms with Crippen molar-refractivity contribution in [2.24, 2.45) is 0 Å². The number of benzene rings is 2. The molecule has 0 unspecified atom stereocenters. The smallest absolute Gasteiger partial charge is 0.387 e. The van der Waals surface area contributed by atoms with Crippen molar-refractivity contribution < 1.29 is 26.7 Å². The van der Waals surface area contributed by atoms with Crippen LogP contribution in [-0.4, -0.2) is 32.5 Å². The van der Waals surface area contributed by atoms with Gasteiger partial charge in [0.15, 0.2) is 5.13 Å². The molecule has 158 valence electrons. The highest BCUT2D eigenvalue weighted by molar-refractivity contribution is 7.89. The fourth-order valence-corrected chi connectivity index (χ4v) is 4.28. The average molecular weight is 453 g/mol. The van der Waals surface area contributed by atoms with Crippen LogP contribution in [-0.2, 0) is 14.8 Å². The van der Waals surface area contributed by atoms with E-state index in [0.717, 1.165) is 11.3 Å². The van der Waals surface area contributed by atoms with Gasteiger partial charge in [0.1, 0.15) is 5.75 Å². The number of aromatic nitrogens is 1. The number of halogens is 2. The van der Waals surface area contributed by atoms with E-state index >= 15 is 0 Å². The fourth-order valence-electron chi connectivity index (χ4n) is 2.50.